The maximum absolute atomic E-state index is 14.0. The molecule has 0 radical (unpaired) electrons. The summed E-state index contributed by atoms with van der Waals surface area (Å²) in [5, 5.41) is 8.94. The quantitative estimate of drug-likeness (QED) is 0.182. The Labute approximate surface area is 283 Å². The minimum atomic E-state index is -3.75. The largest absolute Gasteiger partial charge is 0.497 e. The van der Waals surface area contributed by atoms with Gasteiger partial charge in [0, 0.05) is 19.6 Å². The van der Waals surface area contributed by atoms with Gasteiger partial charge in [0.25, 0.3) is 0 Å². The predicted molar refractivity (Wildman–Crippen MR) is 185 cm³/mol. The zero-order valence-electron chi connectivity index (χ0n) is 28.1. The van der Waals surface area contributed by atoms with Crippen molar-refractivity contribution in [2.45, 2.75) is 62.6 Å². The summed E-state index contributed by atoms with van der Waals surface area (Å²) < 4.78 is 33.7. The SMILES string of the molecule is CN[C@H](Cc1ccccc1)C(=O)N[C@@H]1C(=O)N([C@@H](C)C(=O)NCCc2ccc(OC)cc2)CC[C@@H]1CCNS(=O)(=O)c1ccc(C)cc1. The monoisotopic (exact) mass is 677 g/mol. The fraction of sp³-hybridized carbons (Fsp3) is 0.417. The highest BCUT2D eigenvalue weighted by Crippen LogP contribution is 2.25. The number of hydrogen-bond donors (Lipinski definition) is 4. The number of amides is 3. The highest BCUT2D eigenvalue weighted by molar-refractivity contribution is 7.89. The molecule has 0 aliphatic carbocycles. The molecule has 0 spiro atoms. The van der Waals surface area contributed by atoms with E-state index in [2.05, 4.69) is 20.7 Å². The van der Waals surface area contributed by atoms with Crippen LogP contribution >= 0.6 is 0 Å². The van der Waals surface area contributed by atoms with Crippen molar-refractivity contribution in [3.05, 3.63) is 95.6 Å². The second-order valence-electron chi connectivity index (χ2n) is 12.2. The van der Waals surface area contributed by atoms with Crippen molar-refractivity contribution in [3.8, 4) is 5.75 Å². The van der Waals surface area contributed by atoms with Crippen molar-refractivity contribution in [2.75, 3.05) is 33.8 Å². The van der Waals surface area contributed by atoms with Gasteiger partial charge in [-0.1, -0.05) is 60.2 Å². The van der Waals surface area contributed by atoms with Crippen LogP contribution < -0.4 is 25.4 Å². The second-order valence-corrected chi connectivity index (χ2v) is 13.9. The van der Waals surface area contributed by atoms with Crippen LogP contribution in [0, 0.1) is 12.8 Å². The number of hydrogen-bond acceptors (Lipinski definition) is 7. The van der Waals surface area contributed by atoms with Crippen LogP contribution in [0.15, 0.2) is 83.8 Å². The number of benzene rings is 3. The van der Waals surface area contributed by atoms with Crippen molar-refractivity contribution in [1.29, 1.82) is 0 Å². The zero-order chi connectivity index (χ0) is 34.7. The number of nitrogens with zero attached hydrogens (tertiary/aromatic N) is 1. The maximum atomic E-state index is 14.0. The highest BCUT2D eigenvalue weighted by atomic mass is 32.2. The van der Waals surface area contributed by atoms with Crippen LogP contribution in [0.25, 0.3) is 0 Å². The smallest absolute Gasteiger partial charge is 0.246 e. The molecule has 1 aliphatic rings. The molecule has 0 aromatic heterocycles. The Morgan fingerprint density at radius 2 is 1.62 bits per heavy atom. The highest BCUT2D eigenvalue weighted by Gasteiger charge is 2.41. The third-order valence-electron chi connectivity index (χ3n) is 8.86. The van der Waals surface area contributed by atoms with E-state index in [0.29, 0.717) is 38.8 Å². The van der Waals surface area contributed by atoms with E-state index in [0.717, 1.165) is 22.4 Å². The van der Waals surface area contributed by atoms with Crippen LogP contribution in [0.3, 0.4) is 0 Å². The summed E-state index contributed by atoms with van der Waals surface area (Å²) in [5.41, 5.74) is 2.95. The number of methoxy groups -OCH3 is 1. The van der Waals surface area contributed by atoms with E-state index in [1.165, 1.54) is 4.90 Å². The number of piperidine rings is 1. The van der Waals surface area contributed by atoms with Gasteiger partial charge in [0.2, 0.25) is 27.7 Å². The van der Waals surface area contributed by atoms with E-state index in [1.54, 1.807) is 45.3 Å². The molecular formula is C36H47N5O6S. The van der Waals surface area contributed by atoms with E-state index in [1.807, 2.05) is 61.5 Å². The third-order valence-corrected chi connectivity index (χ3v) is 10.3. The number of sulfonamides is 1. The summed E-state index contributed by atoms with van der Waals surface area (Å²) in [5.74, 6) is -0.595. The van der Waals surface area contributed by atoms with E-state index in [-0.39, 0.29) is 35.1 Å². The van der Waals surface area contributed by atoms with Crippen molar-refractivity contribution in [1.82, 2.24) is 25.6 Å². The van der Waals surface area contributed by atoms with Crippen molar-refractivity contribution >= 4 is 27.7 Å². The second kappa shape index (κ2) is 17.2. The normalized spacial score (nSPS) is 17.8. The third kappa shape index (κ3) is 9.88. The van der Waals surface area contributed by atoms with Gasteiger partial charge >= 0.3 is 0 Å². The van der Waals surface area contributed by atoms with Crippen molar-refractivity contribution in [2.24, 2.45) is 5.92 Å². The summed E-state index contributed by atoms with van der Waals surface area (Å²) >= 11 is 0. The molecule has 1 aliphatic heterocycles. The van der Waals surface area contributed by atoms with E-state index in [9.17, 15) is 22.8 Å². The zero-order valence-corrected chi connectivity index (χ0v) is 28.9. The van der Waals surface area contributed by atoms with Crippen molar-refractivity contribution < 1.29 is 27.5 Å². The number of carbonyl (C=O) groups is 3. The Morgan fingerprint density at radius 3 is 2.27 bits per heavy atom. The molecule has 0 bridgehead atoms. The first kappa shape index (κ1) is 36.6. The molecule has 4 rings (SSSR count). The molecule has 3 aromatic rings. The fourth-order valence-electron chi connectivity index (χ4n) is 5.86. The van der Waals surface area contributed by atoms with Crippen LogP contribution in [0.5, 0.6) is 5.75 Å². The number of rotatable bonds is 16. The number of carbonyl (C=O) groups excluding carboxylic acids is 3. The summed E-state index contributed by atoms with van der Waals surface area (Å²) in [6.45, 7) is 4.34. The van der Waals surface area contributed by atoms with E-state index in [4.69, 9.17) is 4.74 Å². The lowest BCUT2D eigenvalue weighted by Gasteiger charge is -2.41. The van der Waals surface area contributed by atoms with Crippen molar-refractivity contribution in [3.63, 3.8) is 0 Å². The van der Waals surface area contributed by atoms with E-state index >= 15 is 0 Å². The molecule has 1 fully saturated rings. The minimum Gasteiger partial charge on any atom is -0.497 e. The first-order valence-corrected chi connectivity index (χ1v) is 17.8. The average molecular weight is 678 g/mol. The molecule has 11 nitrogen and oxygen atoms in total. The van der Waals surface area contributed by atoms with Gasteiger partial charge in [0.05, 0.1) is 18.0 Å². The first-order chi connectivity index (χ1) is 23.0. The summed E-state index contributed by atoms with van der Waals surface area (Å²) in [6, 6.07) is 21.5. The van der Waals surface area contributed by atoms with Gasteiger partial charge in [0.15, 0.2) is 0 Å². The summed E-state index contributed by atoms with van der Waals surface area (Å²) in [7, 11) is -0.456. The van der Waals surface area contributed by atoms with Gasteiger partial charge in [-0.25, -0.2) is 13.1 Å². The van der Waals surface area contributed by atoms with Crippen LogP contribution in [-0.4, -0.2) is 83.0 Å². The Morgan fingerprint density at radius 1 is 0.938 bits per heavy atom. The molecule has 4 N–H and O–H groups in total. The predicted octanol–water partition coefficient (Wildman–Crippen LogP) is 2.58. The van der Waals surface area contributed by atoms with Gasteiger partial charge in [-0.05, 0) is 87.9 Å². The number of likely N-dealkylation sites (N-methyl/N-ethyl adjacent to an activating group) is 1. The maximum Gasteiger partial charge on any atom is 0.246 e. The molecule has 1 saturated heterocycles. The molecule has 3 aromatic carbocycles. The molecule has 12 heteroatoms. The topological polar surface area (TPSA) is 146 Å². The molecule has 0 unspecified atom stereocenters. The van der Waals surface area contributed by atoms with E-state index < -0.39 is 28.1 Å². The Balaban J connectivity index is 1.43. The summed E-state index contributed by atoms with van der Waals surface area (Å²) in [4.78, 5) is 42.4. The van der Waals surface area contributed by atoms with Crippen LogP contribution in [-0.2, 0) is 37.2 Å². The first-order valence-electron chi connectivity index (χ1n) is 16.3. The molecule has 4 atom stereocenters. The lowest BCUT2D eigenvalue weighted by molar-refractivity contribution is -0.147. The van der Waals surface area contributed by atoms with Gasteiger partial charge in [-0.3, -0.25) is 14.4 Å². The fourth-order valence-corrected chi connectivity index (χ4v) is 6.91. The number of nitrogens with one attached hydrogen (secondary N) is 4. The Hall–Kier alpha value is -4.26. The molecule has 48 heavy (non-hydrogen) atoms. The number of likely N-dealkylation sites (tertiary alicyclic amines) is 1. The molecule has 0 saturated carbocycles. The lowest BCUT2D eigenvalue weighted by atomic mass is 9.87. The van der Waals surface area contributed by atoms with Gasteiger partial charge < -0.3 is 25.6 Å². The molecule has 1 heterocycles. The minimum absolute atomic E-state index is 0.0847. The average Bonchev–Trinajstić information content (AvgIpc) is 3.09. The van der Waals surface area contributed by atoms with Crippen LogP contribution in [0.2, 0.25) is 0 Å². The molecular weight excluding hydrogens is 630 g/mol. The number of ether oxygens (including phenoxy) is 1. The lowest BCUT2D eigenvalue weighted by Crippen LogP contribution is -2.62. The van der Waals surface area contributed by atoms with Gasteiger partial charge in [-0.15, -0.1) is 0 Å². The standard InChI is InChI=1S/C36H47N5O6S/c1-25-10-16-31(17-11-25)48(45,46)39-22-19-29-20-23-41(26(2)34(42)38-21-18-27-12-14-30(47-4)15-13-27)36(44)33(29)40-35(43)32(37-3)24-28-8-6-5-7-9-28/h5-17,26,29,32-33,37,39H,18-24H2,1-4H3,(H,38,42)(H,40,43)/t26-,29-,32+,33-/m0/s1. The van der Waals surface area contributed by atoms with Gasteiger partial charge in [-0.2, -0.15) is 0 Å². The van der Waals surface area contributed by atoms with Gasteiger partial charge in [0.1, 0.15) is 17.8 Å². The Kier molecular flexibility index (Phi) is 13.1. The molecule has 3 amide bonds. The summed E-state index contributed by atoms with van der Waals surface area (Å²) in [6.07, 6.45) is 1.83. The van der Waals surface area contributed by atoms with Crippen LogP contribution in [0.4, 0.5) is 0 Å². The van der Waals surface area contributed by atoms with Crippen LogP contribution in [0.1, 0.15) is 36.5 Å². The Bertz CT molecular complexity index is 1620. The molecule has 258 valence electrons. The number of aryl methyl sites for hydroxylation is 1.